The van der Waals surface area contributed by atoms with Crippen molar-refractivity contribution in [3.05, 3.63) is 42.2 Å². The lowest BCUT2D eigenvalue weighted by Crippen LogP contribution is -2.57. The van der Waals surface area contributed by atoms with Crippen LogP contribution in [0.1, 0.15) is 32.3 Å². The van der Waals surface area contributed by atoms with Gasteiger partial charge in [0.05, 0.1) is 12.3 Å². The van der Waals surface area contributed by atoms with Crippen LogP contribution in [0.2, 0.25) is 0 Å². The Hall–Kier alpha value is -3.61. The number of carbonyl (C=O) groups excluding carboxylic acids is 1. The van der Waals surface area contributed by atoms with Gasteiger partial charge in [-0.2, -0.15) is 4.98 Å². The second-order valence-electron chi connectivity index (χ2n) is 10.4. The minimum absolute atomic E-state index is 0.0467. The molecule has 0 spiro atoms. The first-order chi connectivity index (χ1) is 18.4. The summed E-state index contributed by atoms with van der Waals surface area (Å²) in [5.74, 6) is 1.27. The van der Waals surface area contributed by atoms with E-state index in [4.69, 9.17) is 4.74 Å². The molecule has 2 aliphatic rings. The van der Waals surface area contributed by atoms with Gasteiger partial charge in [0.15, 0.2) is 6.10 Å². The highest BCUT2D eigenvalue weighted by Crippen LogP contribution is 2.39. The van der Waals surface area contributed by atoms with Crippen LogP contribution in [-0.4, -0.2) is 73.1 Å². The molecule has 3 atom stereocenters. The lowest BCUT2D eigenvalue weighted by atomic mass is 9.88. The number of carbonyl (C=O) groups is 1. The number of amides is 1. The van der Waals surface area contributed by atoms with Gasteiger partial charge in [0.1, 0.15) is 21.5 Å². The topological polar surface area (TPSA) is 118 Å². The number of sulfone groups is 1. The monoisotopic (exact) mass is 560 g/mol. The first-order valence-electron chi connectivity index (χ1n) is 12.6. The summed E-state index contributed by atoms with van der Waals surface area (Å²) in [6.07, 6.45) is -0.779. The molecular weight excluding hydrogens is 530 g/mol. The van der Waals surface area contributed by atoms with Crippen molar-refractivity contribution in [1.82, 2.24) is 15.0 Å². The third kappa shape index (κ3) is 5.45. The van der Waals surface area contributed by atoms with Gasteiger partial charge in [0.25, 0.3) is 6.43 Å². The molecule has 4 heterocycles. The number of benzene rings is 1. The highest BCUT2D eigenvalue weighted by atomic mass is 32.2. The SMILES string of the molecule is CC(C)c1ccc(N2C[C@H](CS(C)(=O)=O)[C@H]2C)c2cnc(Nc3ccnc(N4C[C@@H](C(F)F)OC4=O)n3)cc12. The van der Waals surface area contributed by atoms with E-state index in [1.54, 1.807) is 12.3 Å². The fourth-order valence-corrected chi connectivity index (χ4v) is 6.28. The van der Waals surface area contributed by atoms with E-state index >= 15 is 0 Å². The average Bonchev–Trinajstić information content (AvgIpc) is 3.27. The maximum atomic E-state index is 13.0. The lowest BCUT2D eigenvalue weighted by molar-refractivity contribution is 0.0106. The smallest absolute Gasteiger partial charge is 0.417 e. The summed E-state index contributed by atoms with van der Waals surface area (Å²) in [4.78, 5) is 28.2. The van der Waals surface area contributed by atoms with Gasteiger partial charge in [-0.3, -0.25) is 0 Å². The fourth-order valence-electron chi connectivity index (χ4n) is 5.11. The van der Waals surface area contributed by atoms with Gasteiger partial charge < -0.3 is 15.0 Å². The van der Waals surface area contributed by atoms with Gasteiger partial charge >= 0.3 is 6.09 Å². The zero-order chi connectivity index (χ0) is 28.1. The van der Waals surface area contributed by atoms with E-state index in [1.807, 2.05) is 13.0 Å². The first-order valence-corrected chi connectivity index (χ1v) is 14.7. The number of pyridine rings is 1. The van der Waals surface area contributed by atoms with Gasteiger partial charge in [-0.15, -0.1) is 0 Å². The van der Waals surface area contributed by atoms with E-state index in [0.29, 0.717) is 18.2 Å². The van der Waals surface area contributed by atoms with Crippen LogP contribution in [0.25, 0.3) is 10.8 Å². The number of rotatable bonds is 8. The summed E-state index contributed by atoms with van der Waals surface area (Å²) < 4.78 is 54.3. The van der Waals surface area contributed by atoms with Gasteiger partial charge in [0, 0.05) is 48.2 Å². The lowest BCUT2D eigenvalue weighted by Gasteiger charge is -2.48. The molecule has 1 aromatic carbocycles. The van der Waals surface area contributed by atoms with E-state index in [1.165, 1.54) is 12.5 Å². The summed E-state index contributed by atoms with van der Waals surface area (Å²) in [5.41, 5.74) is 2.12. The number of aromatic nitrogens is 3. The molecule has 39 heavy (non-hydrogen) atoms. The second-order valence-corrected chi connectivity index (χ2v) is 12.6. The van der Waals surface area contributed by atoms with Crippen molar-refractivity contribution < 1.29 is 26.7 Å². The molecule has 0 aliphatic carbocycles. The molecule has 0 radical (unpaired) electrons. The minimum atomic E-state index is -3.06. The number of cyclic esters (lactones) is 1. The molecule has 13 heteroatoms. The molecule has 1 N–H and O–H groups in total. The molecule has 0 bridgehead atoms. The number of ether oxygens (including phenoxy) is 1. The predicted octanol–water partition coefficient (Wildman–Crippen LogP) is 4.35. The van der Waals surface area contributed by atoms with Crippen LogP contribution in [-0.2, 0) is 14.6 Å². The molecule has 0 saturated carbocycles. The number of nitrogens with one attached hydrogen (secondary N) is 1. The number of hydrogen-bond donors (Lipinski definition) is 1. The van der Waals surface area contributed by atoms with Crippen molar-refractivity contribution in [2.45, 2.75) is 45.3 Å². The van der Waals surface area contributed by atoms with E-state index in [0.717, 1.165) is 26.9 Å². The van der Waals surface area contributed by atoms with E-state index in [9.17, 15) is 22.0 Å². The molecular formula is C26H30F2N6O4S. The fraction of sp³-hybridized carbons (Fsp3) is 0.462. The Balaban J connectivity index is 1.42. The van der Waals surface area contributed by atoms with Gasteiger partial charge in [0.2, 0.25) is 5.95 Å². The molecule has 1 amide bonds. The highest BCUT2D eigenvalue weighted by Gasteiger charge is 2.40. The Morgan fingerprint density at radius 3 is 2.54 bits per heavy atom. The van der Waals surface area contributed by atoms with Crippen molar-refractivity contribution in [1.29, 1.82) is 0 Å². The van der Waals surface area contributed by atoms with Gasteiger partial charge in [-0.05, 0) is 42.0 Å². The number of anilines is 4. The summed E-state index contributed by atoms with van der Waals surface area (Å²) in [6.45, 7) is 6.56. The Morgan fingerprint density at radius 1 is 1.13 bits per heavy atom. The van der Waals surface area contributed by atoms with Crippen LogP contribution >= 0.6 is 0 Å². The average molecular weight is 561 g/mol. The van der Waals surface area contributed by atoms with Crippen molar-refractivity contribution in [2.24, 2.45) is 5.92 Å². The Kier molecular flexibility index (Phi) is 7.04. The Morgan fingerprint density at radius 2 is 1.90 bits per heavy atom. The molecule has 5 rings (SSSR count). The van der Waals surface area contributed by atoms with Crippen molar-refractivity contribution in [3.63, 3.8) is 0 Å². The highest BCUT2D eigenvalue weighted by molar-refractivity contribution is 7.90. The number of fused-ring (bicyclic) bond motifs is 1. The summed E-state index contributed by atoms with van der Waals surface area (Å²) in [5, 5.41) is 5.08. The molecule has 10 nitrogen and oxygen atoms in total. The van der Waals surface area contributed by atoms with Crippen molar-refractivity contribution in [2.75, 3.05) is 40.2 Å². The molecule has 3 aromatic rings. The van der Waals surface area contributed by atoms with Crippen LogP contribution < -0.4 is 15.1 Å². The van der Waals surface area contributed by atoms with Crippen LogP contribution in [0.4, 0.5) is 36.8 Å². The zero-order valence-electron chi connectivity index (χ0n) is 22.0. The van der Waals surface area contributed by atoms with Crippen LogP contribution in [0, 0.1) is 5.92 Å². The Bertz CT molecular complexity index is 1520. The molecule has 0 unspecified atom stereocenters. The maximum absolute atomic E-state index is 13.0. The number of alkyl halides is 2. The van der Waals surface area contributed by atoms with Crippen molar-refractivity contribution in [3.8, 4) is 0 Å². The van der Waals surface area contributed by atoms with E-state index in [-0.39, 0.29) is 36.1 Å². The maximum Gasteiger partial charge on any atom is 0.417 e. The van der Waals surface area contributed by atoms with Gasteiger partial charge in [-0.25, -0.2) is 36.9 Å². The number of hydrogen-bond acceptors (Lipinski definition) is 9. The molecule has 208 valence electrons. The summed E-state index contributed by atoms with van der Waals surface area (Å²) in [7, 11) is -3.06. The van der Waals surface area contributed by atoms with Crippen LogP contribution in [0.5, 0.6) is 0 Å². The van der Waals surface area contributed by atoms with Crippen LogP contribution in [0.3, 0.4) is 0 Å². The summed E-state index contributed by atoms with van der Waals surface area (Å²) in [6, 6.07) is 7.74. The standard InChI is InChI=1S/C26H30F2N6O4S/c1-14(2)17-5-6-20(33-11-16(15(33)3)13-39(4,36)37)19-10-30-23(9-18(17)19)31-22-7-8-29-25(32-22)34-12-21(24(27)28)38-26(34)35/h5-10,14-16,21,24H,11-13H2,1-4H3,(H,29,30,31,32)/t15-,16-,21+/m1/s1. The van der Waals surface area contributed by atoms with Crippen molar-refractivity contribution >= 4 is 50.0 Å². The molecule has 2 aromatic heterocycles. The third-order valence-corrected chi connectivity index (χ3v) is 8.26. The summed E-state index contributed by atoms with van der Waals surface area (Å²) >= 11 is 0. The zero-order valence-corrected chi connectivity index (χ0v) is 22.8. The number of nitrogens with zero attached hydrogens (tertiary/aromatic N) is 5. The molecule has 2 saturated heterocycles. The first kappa shape index (κ1) is 27.0. The molecule has 2 fully saturated rings. The minimum Gasteiger partial charge on any atom is -0.438 e. The normalized spacial score (nSPS) is 21.5. The largest absolute Gasteiger partial charge is 0.438 e. The second kappa shape index (κ2) is 10.2. The van der Waals surface area contributed by atoms with Crippen LogP contribution in [0.15, 0.2) is 36.7 Å². The Labute approximate surface area is 225 Å². The predicted molar refractivity (Wildman–Crippen MR) is 145 cm³/mol. The number of halogens is 2. The molecule has 2 aliphatic heterocycles. The van der Waals surface area contributed by atoms with E-state index < -0.39 is 28.5 Å². The third-order valence-electron chi connectivity index (χ3n) is 7.22. The van der Waals surface area contributed by atoms with E-state index in [2.05, 4.69) is 51.1 Å². The van der Waals surface area contributed by atoms with Gasteiger partial charge in [-0.1, -0.05) is 19.9 Å². The quantitative estimate of drug-likeness (QED) is 0.429.